The molecule has 0 spiro atoms. The van der Waals surface area contributed by atoms with Crippen molar-refractivity contribution >= 4 is 29.7 Å². The number of carbonyl (C=O) groups excluding carboxylic acids is 1. The summed E-state index contributed by atoms with van der Waals surface area (Å²) in [6, 6.07) is 15.9. The first kappa shape index (κ1) is 16.7. The maximum Gasteiger partial charge on any atom is 0.240 e. The Hall–Kier alpha value is -3.13. The highest BCUT2D eigenvalue weighted by atomic mass is 32.2. The minimum atomic E-state index is 0.0162. The molecule has 1 aromatic heterocycles. The predicted molar refractivity (Wildman–Crippen MR) is 97.2 cm³/mol. The van der Waals surface area contributed by atoms with Crippen LogP contribution in [0, 0.1) is 0 Å². The number of hydrogen-bond donors (Lipinski definition) is 3. The second-order valence-corrected chi connectivity index (χ2v) is 5.92. The van der Waals surface area contributed by atoms with E-state index in [4.69, 9.17) is 0 Å². The number of aromatic amines is 1. The van der Waals surface area contributed by atoms with E-state index in [9.17, 15) is 9.90 Å². The van der Waals surface area contributed by atoms with Crippen LogP contribution in [0.15, 0.2) is 64.9 Å². The summed E-state index contributed by atoms with van der Waals surface area (Å²) in [6.45, 7) is 0. The van der Waals surface area contributed by atoms with Crippen molar-refractivity contribution in [3.8, 4) is 5.75 Å². The van der Waals surface area contributed by atoms with Crippen LogP contribution in [0.25, 0.3) is 0 Å². The van der Waals surface area contributed by atoms with Gasteiger partial charge >= 0.3 is 0 Å². The molecule has 7 nitrogen and oxygen atoms in total. The fourth-order valence-corrected chi connectivity index (χ4v) is 2.65. The normalized spacial score (nSPS) is 10.9. The molecule has 3 rings (SSSR count). The highest BCUT2D eigenvalue weighted by molar-refractivity contribution is 7.99. The third-order valence-corrected chi connectivity index (χ3v) is 4.05. The Bertz CT molecular complexity index is 880. The molecule has 126 valence electrons. The number of rotatable bonds is 7. The molecule has 8 heteroatoms. The molecule has 0 saturated carbocycles. The molecule has 0 aliphatic carbocycles. The summed E-state index contributed by atoms with van der Waals surface area (Å²) in [7, 11) is 0. The highest BCUT2D eigenvalue weighted by Crippen LogP contribution is 2.16. The summed E-state index contributed by atoms with van der Waals surface area (Å²) >= 11 is 1.24. The number of aromatic hydroxyl groups is 1. The second-order valence-electron chi connectivity index (χ2n) is 4.97. The lowest BCUT2D eigenvalue weighted by molar-refractivity contribution is 0.102. The maximum atomic E-state index is 12.0. The van der Waals surface area contributed by atoms with Gasteiger partial charge in [0.15, 0.2) is 5.78 Å². The number of anilines is 1. The number of aromatic nitrogens is 3. The van der Waals surface area contributed by atoms with Gasteiger partial charge in [-0.05, 0) is 12.1 Å². The van der Waals surface area contributed by atoms with E-state index in [2.05, 4.69) is 25.7 Å². The summed E-state index contributed by atoms with van der Waals surface area (Å²) in [5.74, 6) is 0.757. The lowest BCUT2D eigenvalue weighted by Gasteiger charge is -1.98. The number of nitrogens with one attached hydrogen (secondary N) is 2. The van der Waals surface area contributed by atoms with Crippen LogP contribution >= 0.6 is 11.8 Å². The molecule has 0 radical (unpaired) electrons. The van der Waals surface area contributed by atoms with Crippen LogP contribution in [-0.2, 0) is 0 Å². The third kappa shape index (κ3) is 4.67. The first-order valence-corrected chi connectivity index (χ1v) is 8.41. The molecule has 0 fully saturated rings. The van der Waals surface area contributed by atoms with E-state index in [1.807, 2.05) is 18.2 Å². The maximum absolute atomic E-state index is 12.0. The monoisotopic (exact) mass is 353 g/mol. The number of ketones is 1. The Morgan fingerprint density at radius 1 is 1.20 bits per heavy atom. The largest absolute Gasteiger partial charge is 0.507 e. The smallest absolute Gasteiger partial charge is 0.240 e. The topological polar surface area (TPSA) is 103 Å². The molecule has 3 N–H and O–H groups in total. The minimum Gasteiger partial charge on any atom is -0.507 e. The minimum absolute atomic E-state index is 0.0162. The van der Waals surface area contributed by atoms with E-state index >= 15 is 0 Å². The molecule has 1 heterocycles. The number of H-pyrrole nitrogens is 1. The first-order valence-electron chi connectivity index (χ1n) is 7.43. The van der Waals surface area contributed by atoms with Crippen LogP contribution in [0.4, 0.5) is 5.95 Å². The molecular weight excluding hydrogens is 338 g/mol. The molecule has 3 aromatic rings. The quantitative estimate of drug-likeness (QED) is 0.261. The number of carbonyl (C=O) groups is 1. The van der Waals surface area contributed by atoms with Crippen molar-refractivity contribution in [1.29, 1.82) is 0 Å². The van der Waals surface area contributed by atoms with Crippen LogP contribution in [0.5, 0.6) is 5.75 Å². The number of benzene rings is 2. The number of nitrogens with zero attached hydrogens (tertiary/aromatic N) is 3. The average molecular weight is 353 g/mol. The van der Waals surface area contributed by atoms with Crippen molar-refractivity contribution in [2.45, 2.75) is 5.16 Å². The van der Waals surface area contributed by atoms with Gasteiger partial charge in [-0.2, -0.15) is 10.1 Å². The molecule has 0 aliphatic heterocycles. The van der Waals surface area contributed by atoms with Crippen molar-refractivity contribution < 1.29 is 9.90 Å². The number of hydrazone groups is 1. The van der Waals surface area contributed by atoms with Crippen molar-refractivity contribution in [2.24, 2.45) is 5.10 Å². The Labute approximate surface area is 148 Å². The molecule has 25 heavy (non-hydrogen) atoms. The fourth-order valence-electron chi connectivity index (χ4n) is 1.96. The Balaban J connectivity index is 1.52. The molecule has 2 aromatic carbocycles. The van der Waals surface area contributed by atoms with E-state index in [-0.39, 0.29) is 17.3 Å². The lowest BCUT2D eigenvalue weighted by atomic mass is 10.2. The van der Waals surface area contributed by atoms with E-state index in [0.717, 1.165) is 0 Å². The molecular formula is C17H15N5O2S. The number of thioether (sulfide) groups is 1. The van der Waals surface area contributed by atoms with Crippen molar-refractivity contribution in [3.63, 3.8) is 0 Å². The van der Waals surface area contributed by atoms with Gasteiger partial charge in [0, 0.05) is 11.1 Å². The van der Waals surface area contributed by atoms with Crippen LogP contribution in [-0.4, -0.2) is 38.0 Å². The van der Waals surface area contributed by atoms with Gasteiger partial charge in [-0.25, -0.2) is 10.5 Å². The molecule has 0 amide bonds. The van der Waals surface area contributed by atoms with E-state index < -0.39 is 0 Å². The van der Waals surface area contributed by atoms with Crippen LogP contribution in [0.3, 0.4) is 0 Å². The Morgan fingerprint density at radius 2 is 1.96 bits per heavy atom. The van der Waals surface area contributed by atoms with Gasteiger partial charge in [0.2, 0.25) is 11.1 Å². The summed E-state index contributed by atoms with van der Waals surface area (Å²) in [4.78, 5) is 16.2. The van der Waals surface area contributed by atoms with Gasteiger partial charge in [0.25, 0.3) is 0 Å². The van der Waals surface area contributed by atoms with Crippen LogP contribution in [0.1, 0.15) is 15.9 Å². The zero-order valence-corrected chi connectivity index (χ0v) is 13.9. The molecule has 0 aliphatic rings. The standard InChI is InChI=1S/C17H15N5O2S/c23-14-9-5-4-8-13(14)10-18-20-16-19-17(22-21-16)25-11-15(24)12-6-2-1-3-7-12/h1-10,23H,11H2,(H2,19,20,21,22)/b18-10+. The zero-order valence-electron chi connectivity index (χ0n) is 13.1. The summed E-state index contributed by atoms with van der Waals surface area (Å²) in [6.07, 6.45) is 1.48. The molecule has 0 atom stereocenters. The van der Waals surface area contributed by atoms with E-state index in [0.29, 0.717) is 22.2 Å². The summed E-state index contributed by atoms with van der Waals surface area (Å²) in [5, 5.41) is 20.8. The third-order valence-electron chi connectivity index (χ3n) is 3.20. The van der Waals surface area contributed by atoms with Crippen molar-refractivity contribution in [2.75, 3.05) is 11.2 Å². The second kappa shape index (κ2) is 8.11. The van der Waals surface area contributed by atoms with Gasteiger partial charge in [0.1, 0.15) is 5.75 Å². The number of phenols is 1. The first-order chi connectivity index (χ1) is 12.2. The summed E-state index contributed by atoms with van der Waals surface area (Å²) in [5.41, 5.74) is 3.94. The van der Waals surface area contributed by atoms with Gasteiger partial charge in [0.05, 0.1) is 12.0 Å². The predicted octanol–water partition coefficient (Wildman–Crippen LogP) is 2.93. The molecule has 0 bridgehead atoms. The number of Topliss-reactive ketones (excluding diaryl/α,β-unsaturated/α-hetero) is 1. The number of para-hydroxylation sites is 1. The SMILES string of the molecule is O=C(CSc1n[nH]c(N/N=C/c2ccccc2O)n1)c1ccccc1. The molecule has 0 saturated heterocycles. The molecule has 0 unspecified atom stereocenters. The fraction of sp³-hybridized carbons (Fsp3) is 0.0588. The summed E-state index contributed by atoms with van der Waals surface area (Å²) < 4.78 is 0. The van der Waals surface area contributed by atoms with Crippen molar-refractivity contribution in [1.82, 2.24) is 15.2 Å². The Kier molecular flexibility index (Phi) is 5.43. The number of hydrogen-bond acceptors (Lipinski definition) is 7. The Morgan fingerprint density at radius 3 is 2.76 bits per heavy atom. The van der Waals surface area contributed by atoms with Crippen molar-refractivity contribution in [3.05, 3.63) is 65.7 Å². The van der Waals surface area contributed by atoms with Gasteiger partial charge < -0.3 is 5.11 Å². The van der Waals surface area contributed by atoms with Gasteiger partial charge in [-0.1, -0.05) is 54.2 Å². The van der Waals surface area contributed by atoms with Gasteiger partial charge in [-0.3, -0.25) is 4.79 Å². The van der Waals surface area contributed by atoms with E-state index in [1.54, 1.807) is 36.4 Å². The van der Waals surface area contributed by atoms with Gasteiger partial charge in [-0.15, -0.1) is 5.10 Å². The highest BCUT2D eigenvalue weighted by Gasteiger charge is 2.09. The lowest BCUT2D eigenvalue weighted by Crippen LogP contribution is -2.02. The number of phenolic OH excluding ortho intramolecular Hbond substituents is 1. The van der Waals surface area contributed by atoms with E-state index in [1.165, 1.54) is 18.0 Å². The van der Waals surface area contributed by atoms with Crippen LogP contribution < -0.4 is 5.43 Å². The van der Waals surface area contributed by atoms with Crippen LogP contribution in [0.2, 0.25) is 0 Å². The zero-order chi connectivity index (χ0) is 17.5. The average Bonchev–Trinajstić information content (AvgIpc) is 3.10.